The van der Waals surface area contributed by atoms with Gasteiger partial charge >= 0.3 is 6.18 Å². The second kappa shape index (κ2) is 13.9. The number of rotatable bonds is 9. The van der Waals surface area contributed by atoms with Crippen LogP contribution in [0.1, 0.15) is 23.3 Å². The van der Waals surface area contributed by atoms with E-state index >= 15 is 0 Å². The molecule has 11 nitrogen and oxygen atoms in total. The first-order valence-electron chi connectivity index (χ1n) is 13.1. The van der Waals surface area contributed by atoms with E-state index in [1.807, 2.05) is 36.2 Å². The van der Waals surface area contributed by atoms with E-state index in [4.69, 9.17) is 19.4 Å². The Morgan fingerprint density at radius 3 is 2.49 bits per heavy atom. The van der Waals surface area contributed by atoms with Crippen molar-refractivity contribution in [3.8, 4) is 22.9 Å². The van der Waals surface area contributed by atoms with Gasteiger partial charge in [0.25, 0.3) is 12.4 Å². The van der Waals surface area contributed by atoms with Crippen LogP contribution in [0.4, 0.5) is 19.0 Å². The summed E-state index contributed by atoms with van der Waals surface area (Å²) in [5, 5.41) is 30.1. The second-order valence-electron chi connectivity index (χ2n) is 9.83. The van der Waals surface area contributed by atoms with Crippen LogP contribution in [0.3, 0.4) is 0 Å². The summed E-state index contributed by atoms with van der Waals surface area (Å²) < 4.78 is 49.2. The minimum absolute atomic E-state index is 0.0550. The predicted octanol–water partition coefficient (Wildman–Crippen LogP) is 4.09. The number of aromatic nitrogens is 4. The number of benzene rings is 1. The number of aliphatic hydroxyl groups is 1. The van der Waals surface area contributed by atoms with Crippen molar-refractivity contribution in [2.45, 2.75) is 50.2 Å². The van der Waals surface area contributed by atoms with Crippen molar-refractivity contribution >= 4 is 33.8 Å². The molecule has 1 fully saturated rings. The summed E-state index contributed by atoms with van der Waals surface area (Å²) in [7, 11) is 4.87. The van der Waals surface area contributed by atoms with E-state index in [-0.39, 0.29) is 23.4 Å². The molecule has 0 aliphatic heterocycles. The fourth-order valence-corrected chi connectivity index (χ4v) is 6.06. The third-order valence-electron chi connectivity index (χ3n) is 7.05. The number of thiophene rings is 1. The first-order chi connectivity index (χ1) is 20.6. The van der Waals surface area contributed by atoms with Crippen LogP contribution >= 0.6 is 11.3 Å². The molecular weight excluding hydrogens is 589 g/mol. The molecule has 1 aromatic carbocycles. The van der Waals surface area contributed by atoms with Crippen LogP contribution in [0.25, 0.3) is 21.5 Å². The maximum Gasteiger partial charge on any atom is 0.393 e. The number of aliphatic hydroxyl groups excluding tert-OH is 1. The summed E-state index contributed by atoms with van der Waals surface area (Å²) in [5.41, 5.74) is 2.62. The third-order valence-corrected chi connectivity index (χ3v) is 8.09. The van der Waals surface area contributed by atoms with Gasteiger partial charge in [-0.1, -0.05) is 24.3 Å². The van der Waals surface area contributed by atoms with Gasteiger partial charge in [-0.25, -0.2) is 9.97 Å². The SMILES string of the molecule is COc1cc(-c2ccc(CN[C@H]3C[C@@H](O)[C@@H](N(C)c4ncnc5sc(CC(F)(F)F)cc45)C3)cc2)nnc1OC.O=CO. The number of alkyl halides is 3. The van der Waals surface area contributed by atoms with Crippen molar-refractivity contribution in [1.29, 1.82) is 0 Å². The smallest absolute Gasteiger partial charge is 0.393 e. The summed E-state index contributed by atoms with van der Waals surface area (Å²) in [5.74, 6) is 1.34. The van der Waals surface area contributed by atoms with E-state index in [1.165, 1.54) is 19.5 Å². The molecule has 0 unspecified atom stereocenters. The third kappa shape index (κ3) is 7.86. The lowest BCUT2D eigenvalue weighted by atomic mass is 10.1. The summed E-state index contributed by atoms with van der Waals surface area (Å²) in [4.78, 5) is 19.4. The molecule has 0 spiro atoms. The molecule has 0 saturated heterocycles. The molecule has 0 radical (unpaired) electrons. The Bertz CT molecular complexity index is 1520. The molecular formula is C28H31F3N6O5S. The maximum atomic E-state index is 12.9. The highest BCUT2D eigenvalue weighted by Gasteiger charge is 2.37. The standard InChI is InChI=1S/C27H29F3N6O3S.CH2O2/c1-36(24-19-10-18(12-27(28,29)30)40-26(19)33-14-32-24)21-8-17(9-22(21)37)31-13-15-4-6-16(7-5-15)20-11-23(38-2)25(39-3)35-34-20;2-1-3/h4-7,10-11,14,17,21-22,31,37H,8-9,12-13H2,1-3H3;1H,(H,2,3)/t17-,21+,22-;/m1./s1. The number of hydrogen-bond acceptors (Lipinski definition) is 11. The lowest BCUT2D eigenvalue weighted by Gasteiger charge is -2.28. The molecule has 1 aliphatic carbocycles. The normalized spacial score (nSPS) is 18.2. The van der Waals surface area contributed by atoms with Gasteiger partial charge in [0.2, 0.25) is 0 Å². The Kier molecular flexibility index (Phi) is 10.3. The number of nitrogens with zero attached hydrogens (tertiary/aromatic N) is 5. The number of carbonyl (C=O) groups is 1. The molecule has 230 valence electrons. The van der Waals surface area contributed by atoms with Gasteiger partial charge in [0, 0.05) is 36.1 Å². The topological polar surface area (TPSA) is 143 Å². The van der Waals surface area contributed by atoms with Crippen LogP contribution in [-0.4, -0.2) is 82.5 Å². The van der Waals surface area contributed by atoms with Crippen LogP contribution in [0.2, 0.25) is 0 Å². The van der Waals surface area contributed by atoms with Gasteiger partial charge < -0.3 is 29.9 Å². The number of hydrogen-bond donors (Lipinski definition) is 3. The predicted molar refractivity (Wildman–Crippen MR) is 154 cm³/mol. The van der Waals surface area contributed by atoms with Gasteiger partial charge in [0.15, 0.2) is 5.75 Å². The van der Waals surface area contributed by atoms with Crippen LogP contribution in [0.15, 0.2) is 42.7 Å². The fraction of sp³-hybridized carbons (Fsp3) is 0.393. The Labute approximate surface area is 249 Å². The molecule has 5 rings (SSSR count). The monoisotopic (exact) mass is 620 g/mol. The van der Waals surface area contributed by atoms with Crippen molar-refractivity contribution < 1.29 is 37.7 Å². The largest absolute Gasteiger partial charge is 0.491 e. The molecule has 1 saturated carbocycles. The molecule has 3 aromatic heterocycles. The molecule has 3 heterocycles. The highest BCUT2D eigenvalue weighted by molar-refractivity contribution is 7.18. The zero-order valence-electron chi connectivity index (χ0n) is 23.6. The average Bonchev–Trinajstić information content (AvgIpc) is 3.57. The minimum atomic E-state index is -4.29. The van der Waals surface area contributed by atoms with Crippen LogP contribution in [-0.2, 0) is 17.8 Å². The zero-order valence-corrected chi connectivity index (χ0v) is 24.4. The van der Waals surface area contributed by atoms with E-state index in [1.54, 1.807) is 13.2 Å². The zero-order chi connectivity index (χ0) is 31.1. The quantitative estimate of drug-likeness (QED) is 0.233. The Morgan fingerprint density at radius 2 is 1.84 bits per heavy atom. The van der Waals surface area contributed by atoms with Gasteiger partial charge in [0.1, 0.15) is 17.0 Å². The molecule has 3 N–H and O–H groups in total. The highest BCUT2D eigenvalue weighted by Crippen LogP contribution is 2.36. The number of carboxylic acid groups (broad SMARTS) is 1. The van der Waals surface area contributed by atoms with E-state index in [0.717, 1.165) is 22.5 Å². The molecule has 0 amide bonds. The summed E-state index contributed by atoms with van der Waals surface area (Å²) in [6, 6.07) is 11.0. The van der Waals surface area contributed by atoms with Gasteiger partial charge in [-0.3, -0.25) is 4.79 Å². The first-order valence-corrected chi connectivity index (χ1v) is 14.0. The van der Waals surface area contributed by atoms with Crippen molar-refractivity contribution in [3.63, 3.8) is 0 Å². The first kappa shape index (κ1) is 31.8. The molecule has 15 heteroatoms. The van der Waals surface area contributed by atoms with E-state index in [2.05, 4.69) is 25.5 Å². The van der Waals surface area contributed by atoms with Crippen LogP contribution < -0.4 is 19.7 Å². The second-order valence-corrected chi connectivity index (χ2v) is 10.9. The van der Waals surface area contributed by atoms with Gasteiger partial charge in [-0.05, 0) is 24.5 Å². The maximum absolute atomic E-state index is 12.9. The van der Waals surface area contributed by atoms with Gasteiger partial charge in [0.05, 0.1) is 43.9 Å². The van der Waals surface area contributed by atoms with Crippen LogP contribution in [0.5, 0.6) is 11.6 Å². The van der Waals surface area contributed by atoms with Gasteiger partial charge in [-0.15, -0.1) is 21.5 Å². The lowest BCUT2D eigenvalue weighted by molar-refractivity contribution is -0.126. The molecule has 0 bridgehead atoms. The van der Waals surface area contributed by atoms with Crippen LogP contribution in [0, 0.1) is 0 Å². The van der Waals surface area contributed by atoms with Gasteiger partial charge in [-0.2, -0.15) is 13.2 Å². The van der Waals surface area contributed by atoms with Crippen molar-refractivity contribution in [1.82, 2.24) is 25.5 Å². The number of fused-ring (bicyclic) bond motifs is 1. The molecule has 4 aromatic rings. The van der Waals surface area contributed by atoms with Crippen molar-refractivity contribution in [3.05, 3.63) is 53.2 Å². The number of anilines is 1. The highest BCUT2D eigenvalue weighted by atomic mass is 32.1. The summed E-state index contributed by atoms with van der Waals surface area (Å²) >= 11 is 1.02. The Balaban J connectivity index is 0.00000135. The van der Waals surface area contributed by atoms with E-state index in [9.17, 15) is 18.3 Å². The summed E-state index contributed by atoms with van der Waals surface area (Å²) in [6.07, 6.45) is -3.35. The average molecular weight is 621 g/mol. The number of methoxy groups -OCH3 is 2. The number of halogens is 3. The Morgan fingerprint density at radius 1 is 1.12 bits per heavy atom. The molecule has 3 atom stereocenters. The molecule has 1 aliphatic rings. The number of ether oxygens (including phenoxy) is 2. The van der Waals surface area contributed by atoms with E-state index < -0.39 is 18.7 Å². The minimum Gasteiger partial charge on any atom is -0.491 e. The number of nitrogens with one attached hydrogen (secondary N) is 1. The lowest BCUT2D eigenvalue weighted by Crippen LogP contribution is -2.38. The Hall–Kier alpha value is -4.08. The van der Waals surface area contributed by atoms with Crippen molar-refractivity contribution in [2.75, 3.05) is 26.2 Å². The fourth-order valence-electron chi connectivity index (χ4n) is 5.04. The van der Waals surface area contributed by atoms with Crippen molar-refractivity contribution in [2.24, 2.45) is 0 Å². The number of likely N-dealkylation sites (N-methyl/N-ethyl adjacent to an activating group) is 1. The summed E-state index contributed by atoms with van der Waals surface area (Å²) in [6.45, 7) is 0.356. The molecule has 43 heavy (non-hydrogen) atoms. The van der Waals surface area contributed by atoms with E-state index in [0.29, 0.717) is 52.7 Å².